The number of nitrogens with one attached hydrogen (secondary N) is 5. The Kier molecular flexibility index (Phi) is 27.0. The Balaban J connectivity index is 0.000000110. The summed E-state index contributed by atoms with van der Waals surface area (Å²) < 4.78 is 14.5. The highest BCUT2D eigenvalue weighted by molar-refractivity contribution is 6.03. The second-order valence-corrected chi connectivity index (χ2v) is 41.3. The maximum atomic E-state index is 12.8. The van der Waals surface area contributed by atoms with Crippen molar-refractivity contribution < 1.29 is 23.9 Å². The number of Topliss-reactive ketones (excluding diaryl/α,β-unsaturated/α-hetero) is 4. The minimum Gasteiger partial charge on any atom is -0.379 e. The van der Waals surface area contributed by atoms with Crippen LogP contribution in [0.2, 0.25) is 0 Å². The van der Waals surface area contributed by atoms with Crippen LogP contribution in [0.25, 0.3) is 44.1 Å². The molecule has 0 atom stereocenters. The molecule has 4 spiro atoms. The number of ketones is 4. The number of anilines is 12. The zero-order chi connectivity index (χ0) is 93.5. The summed E-state index contributed by atoms with van der Waals surface area (Å²) in [4.78, 5) is 124. The molecule has 12 aromatic heterocycles. The van der Waals surface area contributed by atoms with Gasteiger partial charge < -0.3 is 74.1 Å². The number of fused-ring (bicyclic) bond motifs is 16. The summed E-state index contributed by atoms with van der Waals surface area (Å²) in [6, 6.07) is 25.6. The molecule has 5 saturated heterocycles. The zero-order valence-electron chi connectivity index (χ0n) is 80.5. The van der Waals surface area contributed by atoms with Crippen LogP contribution in [0.3, 0.4) is 0 Å². The number of hydrogen-bond acceptors (Lipinski definition) is 29. The molecule has 0 radical (unpaired) electrons. The number of carbonyl (C=O) groups excluding carboxylic acids is 4. The fourth-order valence-corrected chi connectivity index (χ4v) is 25.0. The number of piperidine rings is 1. The highest BCUT2D eigenvalue weighted by atomic mass is 16.5. The van der Waals surface area contributed by atoms with Crippen molar-refractivity contribution in [3.63, 3.8) is 0 Å². The van der Waals surface area contributed by atoms with Gasteiger partial charge in [0.1, 0.15) is 45.9 Å². The van der Waals surface area contributed by atoms with E-state index in [2.05, 4.69) is 164 Å². The number of aromatic nitrogens is 16. The Labute approximate surface area is 813 Å². The Morgan fingerprint density at radius 1 is 0.338 bits per heavy atom. The fourth-order valence-electron chi connectivity index (χ4n) is 25.0. The molecule has 21 heterocycles. The van der Waals surface area contributed by atoms with E-state index in [4.69, 9.17) is 24.7 Å². The van der Waals surface area contributed by atoms with Crippen molar-refractivity contribution in [1.82, 2.24) is 98.1 Å². The monoisotopic (exact) mass is 1880 g/mol. The Bertz CT molecular complexity index is 6370. The van der Waals surface area contributed by atoms with E-state index in [9.17, 15) is 19.2 Å². The Morgan fingerprint density at radius 3 is 0.914 bits per heavy atom. The number of piperazine rings is 3. The third kappa shape index (κ3) is 19.1. The van der Waals surface area contributed by atoms with Gasteiger partial charge in [0.2, 0.25) is 23.8 Å². The predicted octanol–water partition coefficient (Wildman–Crippen LogP) is 17.5. The lowest BCUT2D eigenvalue weighted by Gasteiger charge is -2.42. The topological polar surface area (TPSA) is 335 Å². The van der Waals surface area contributed by atoms with E-state index in [1.807, 2.05) is 98.1 Å². The molecule has 25 rings (SSSR count). The molecule has 33 nitrogen and oxygen atoms in total. The molecule has 4 saturated carbocycles. The van der Waals surface area contributed by atoms with Crippen molar-refractivity contribution in [2.75, 3.05) is 166 Å². The van der Waals surface area contributed by atoms with Crippen molar-refractivity contribution in [2.24, 2.45) is 0 Å². The molecule has 730 valence electrons. The molecule has 13 aliphatic rings. The summed E-state index contributed by atoms with van der Waals surface area (Å²) in [5.74, 6) is 5.87. The van der Waals surface area contributed by atoms with Gasteiger partial charge in [0.15, 0.2) is 23.1 Å². The van der Waals surface area contributed by atoms with Crippen LogP contribution in [0.15, 0.2) is 122 Å². The van der Waals surface area contributed by atoms with Crippen molar-refractivity contribution in [1.29, 1.82) is 0 Å². The van der Waals surface area contributed by atoms with Crippen LogP contribution in [0, 0.1) is 0 Å². The highest BCUT2D eigenvalue weighted by Gasteiger charge is 2.47. The minimum atomic E-state index is 0. The molecule has 12 aromatic rings. The molecule has 0 amide bonds. The SMILES string of the molecule is C.CC(C)N1CCN(c2ccc(Nc3ncc4cc5n(c4n3)C3(CCCCC3)CCC5=O)nc2)CC1.CN1CCN(c2ccc(Nc3ncc4cc5n(c4n3)C3(CCCCC3)CCC5=O)nc2)CC1.O=C1CCC2(CCCCC2)n2c1cc1cnc(Nc3ccc(N4CCC(N5CCOCC5)CC4)cn3)nc12.O=C1CCC2(CCCCC2)n2c1cc1cnc(Nc3ccc(N4CCNCC4)cn3)nc12. The zero-order valence-corrected chi connectivity index (χ0v) is 80.5. The molecular formula is C106H136N28O5. The lowest BCUT2D eigenvalue weighted by molar-refractivity contribution is 0.0115. The Morgan fingerprint density at radius 2 is 0.626 bits per heavy atom. The summed E-state index contributed by atoms with van der Waals surface area (Å²) >= 11 is 0. The fraction of sp³-hybridized carbons (Fsp3) is 0.547. The van der Waals surface area contributed by atoms with Gasteiger partial charge in [-0.25, -0.2) is 39.9 Å². The average molecular weight is 1880 g/mol. The summed E-state index contributed by atoms with van der Waals surface area (Å²) in [6.45, 7) is 22.8. The van der Waals surface area contributed by atoms with E-state index in [1.165, 1.54) is 89.9 Å². The molecule has 0 aromatic carbocycles. The van der Waals surface area contributed by atoms with Crippen LogP contribution < -0.4 is 46.2 Å². The van der Waals surface area contributed by atoms with E-state index in [0.717, 1.165) is 308 Å². The van der Waals surface area contributed by atoms with E-state index in [-0.39, 0.29) is 52.7 Å². The van der Waals surface area contributed by atoms with Crippen LogP contribution >= 0.6 is 0 Å². The molecule has 5 N–H and O–H groups in total. The number of hydrogen-bond donors (Lipinski definition) is 5. The number of likely N-dealkylation sites (N-methyl/N-ethyl adjacent to an activating group) is 1. The second-order valence-electron chi connectivity index (χ2n) is 41.3. The molecular weight excluding hydrogens is 1750 g/mol. The predicted molar refractivity (Wildman–Crippen MR) is 547 cm³/mol. The van der Waals surface area contributed by atoms with Crippen LogP contribution in [-0.4, -0.2) is 253 Å². The third-order valence-electron chi connectivity index (χ3n) is 32.7. The smallest absolute Gasteiger partial charge is 0.230 e. The standard InChI is InChI=1S/C29H37N7O2.C27H35N7O.C25H31N7O.C24H29N7O.CH4/c37-25-6-11-29(9-2-1-3-10-29)36-24(25)18-21-19-31-28(33-27(21)36)32-26-5-4-23(20-30-26)34-12-7-22(8-13-34)35-14-16-38-17-15-35;1-19(2)32-12-14-33(15-13-32)21-6-7-24(28-18-21)30-26-29-17-20-16-22-23(35)8-11-27(9-4-3-5-10-27)34(22)25(20)31-26;1-30-11-13-31(14-12-30)19-5-6-22(26-17-19)28-24-27-16-18-15-20-21(33)7-10-25(8-3-2-4-9-25)32(20)23(18)29-24;32-20-6-9-24(7-2-1-3-8-24)31-19(20)14-17-15-27-23(29-22(17)31)28-21-5-4-18(16-26-21)30-12-10-25-11-13-30;/h4-5,18-20,22H,1-3,6-17H2,(H,30,31,32,33);6-7,16-19H,3-5,8-15H2,1-2H3,(H,28,29,30,31);5-6,15-17H,2-4,7-14H2,1H3,(H,26,27,28,29);4-5,14-16,25H,1-3,6-13H2,(H,26,27,28,29);1H4. The normalized spacial score (nSPS) is 21.0. The van der Waals surface area contributed by atoms with E-state index < -0.39 is 0 Å². The minimum absolute atomic E-state index is 0. The third-order valence-corrected chi connectivity index (χ3v) is 32.7. The first kappa shape index (κ1) is 93.3. The number of rotatable bonds is 14. The van der Waals surface area contributed by atoms with Gasteiger partial charge in [-0.15, -0.1) is 0 Å². The molecule has 9 aliphatic heterocycles. The van der Waals surface area contributed by atoms with Crippen LogP contribution in [-0.2, 0) is 26.9 Å². The van der Waals surface area contributed by atoms with E-state index >= 15 is 0 Å². The highest BCUT2D eigenvalue weighted by Crippen LogP contribution is 2.51. The quantitative estimate of drug-likeness (QED) is 0.0675. The van der Waals surface area contributed by atoms with Gasteiger partial charge in [0.25, 0.3) is 0 Å². The lowest BCUT2D eigenvalue weighted by atomic mass is 9.75. The largest absolute Gasteiger partial charge is 0.379 e. The lowest BCUT2D eigenvalue weighted by Crippen LogP contribution is -2.49. The summed E-state index contributed by atoms with van der Waals surface area (Å²) in [5.41, 5.74) is 11.4. The number of ether oxygens (including phenoxy) is 1. The van der Waals surface area contributed by atoms with Gasteiger partial charge in [-0.05, 0) is 184 Å². The number of morpholine rings is 1. The molecule has 0 unspecified atom stereocenters. The van der Waals surface area contributed by atoms with Gasteiger partial charge in [-0.2, -0.15) is 19.9 Å². The molecule has 0 bridgehead atoms. The summed E-state index contributed by atoms with van der Waals surface area (Å²) in [7, 11) is 2.16. The summed E-state index contributed by atoms with van der Waals surface area (Å²) in [6.07, 6.45) is 47.4. The van der Waals surface area contributed by atoms with Crippen molar-refractivity contribution in [3.8, 4) is 0 Å². The van der Waals surface area contributed by atoms with Crippen molar-refractivity contribution in [3.05, 3.63) is 145 Å². The summed E-state index contributed by atoms with van der Waals surface area (Å²) in [5, 5.41) is 20.3. The van der Waals surface area contributed by atoms with Crippen LogP contribution in [0.1, 0.15) is 256 Å². The molecule has 9 fully saturated rings. The van der Waals surface area contributed by atoms with Gasteiger partial charge in [-0.3, -0.25) is 29.0 Å². The molecule has 4 aliphatic carbocycles. The average Bonchev–Trinajstić information content (AvgIpc) is 1.60. The van der Waals surface area contributed by atoms with Crippen molar-refractivity contribution in [2.45, 2.75) is 248 Å². The second kappa shape index (κ2) is 40.3. The van der Waals surface area contributed by atoms with Gasteiger partial charge in [0, 0.05) is 211 Å². The van der Waals surface area contributed by atoms with Crippen molar-refractivity contribution >= 4 is 137 Å². The molecule has 139 heavy (non-hydrogen) atoms. The maximum absolute atomic E-state index is 12.8. The van der Waals surface area contributed by atoms with Crippen LogP contribution in [0.4, 0.5) is 69.8 Å². The van der Waals surface area contributed by atoms with Gasteiger partial charge >= 0.3 is 0 Å². The van der Waals surface area contributed by atoms with E-state index in [1.54, 1.807) is 0 Å². The number of pyridine rings is 4. The van der Waals surface area contributed by atoms with E-state index in [0.29, 0.717) is 61.6 Å². The maximum Gasteiger partial charge on any atom is 0.230 e. The van der Waals surface area contributed by atoms with Gasteiger partial charge in [0.05, 0.1) is 83.5 Å². The van der Waals surface area contributed by atoms with Gasteiger partial charge in [-0.1, -0.05) is 84.5 Å². The Hall–Kier alpha value is -12.0. The number of carbonyl (C=O) groups is 4. The first-order valence-corrected chi connectivity index (χ1v) is 51.6. The molecule has 33 heteroatoms. The van der Waals surface area contributed by atoms with Crippen LogP contribution in [0.5, 0.6) is 0 Å². The first-order chi connectivity index (χ1) is 67.5. The first-order valence-electron chi connectivity index (χ1n) is 51.6. The number of nitrogens with zero attached hydrogens (tertiary/aromatic N) is 23.